The first-order valence-electron chi connectivity index (χ1n) is 7.94. The summed E-state index contributed by atoms with van der Waals surface area (Å²) in [6, 6.07) is 6.92. The number of β-amino-alcohol motifs (C(OH)–C–C–N with tert-alkyl or cyclic N) is 1. The quantitative estimate of drug-likeness (QED) is 0.815. The number of amides is 1. The largest absolute Gasteiger partial charge is 0.444 e. The summed E-state index contributed by atoms with van der Waals surface area (Å²) in [4.78, 5) is 17.6. The number of benzene rings is 1. The Bertz CT molecular complexity index is 644. The fourth-order valence-electron chi connectivity index (χ4n) is 2.58. The maximum Gasteiger partial charge on any atom is 0.411 e. The highest BCUT2D eigenvalue weighted by atomic mass is 35.5. The number of nitrogens with zero attached hydrogens (tertiary/aromatic N) is 2. The Balaban J connectivity index is 2.20. The Morgan fingerprint density at radius 1 is 1.50 bits per heavy atom. The molecule has 0 heterocycles. The van der Waals surface area contributed by atoms with E-state index in [0.29, 0.717) is 10.6 Å². The van der Waals surface area contributed by atoms with Gasteiger partial charge in [0.25, 0.3) is 0 Å². The van der Waals surface area contributed by atoms with Crippen LogP contribution in [0.4, 0.5) is 4.79 Å². The number of hydrogen-bond acceptors (Lipinski definition) is 3. The van der Waals surface area contributed by atoms with Crippen LogP contribution in [0.2, 0.25) is 5.02 Å². The predicted molar refractivity (Wildman–Crippen MR) is 92.8 cm³/mol. The molecule has 0 bridgehead atoms. The Morgan fingerprint density at radius 3 is 2.67 bits per heavy atom. The van der Waals surface area contributed by atoms with Gasteiger partial charge < -0.3 is 14.7 Å². The highest BCUT2D eigenvalue weighted by Crippen LogP contribution is 2.43. The summed E-state index contributed by atoms with van der Waals surface area (Å²) in [6.07, 6.45) is 0.109. The molecule has 1 unspecified atom stereocenters. The molecular formula is C18H23ClN2O3. The summed E-state index contributed by atoms with van der Waals surface area (Å²) in [7, 11) is 0. The molecule has 0 radical (unpaired) electrons. The van der Waals surface area contributed by atoms with E-state index in [4.69, 9.17) is 22.9 Å². The molecule has 1 atom stereocenters. The third kappa shape index (κ3) is 4.62. The van der Waals surface area contributed by atoms with Crippen LogP contribution in [0.5, 0.6) is 0 Å². The molecule has 5 nitrogen and oxygen atoms in total. The molecule has 24 heavy (non-hydrogen) atoms. The van der Waals surface area contributed by atoms with Crippen LogP contribution < -0.4 is 0 Å². The van der Waals surface area contributed by atoms with Crippen molar-refractivity contribution in [2.45, 2.75) is 50.9 Å². The minimum absolute atomic E-state index is 0.0742. The average Bonchev–Trinajstić information content (AvgIpc) is 3.23. The molecule has 2 rings (SSSR count). The summed E-state index contributed by atoms with van der Waals surface area (Å²) in [6.45, 7) is 12.8. The third-order valence-electron chi connectivity index (χ3n) is 3.98. The SMILES string of the molecule is [C-]#[N+]CC1(N(CC(O)c2cccc(Cl)c2)C(=O)OC(C)(C)C)CC1. The molecule has 1 fully saturated rings. The average molecular weight is 351 g/mol. The molecular weight excluding hydrogens is 328 g/mol. The van der Waals surface area contributed by atoms with Crippen LogP contribution in [0.1, 0.15) is 45.3 Å². The predicted octanol–water partition coefficient (Wildman–Crippen LogP) is 4.06. The van der Waals surface area contributed by atoms with Crippen LogP contribution >= 0.6 is 11.6 Å². The first kappa shape index (κ1) is 18.6. The lowest BCUT2D eigenvalue weighted by atomic mass is 10.1. The van der Waals surface area contributed by atoms with E-state index in [2.05, 4.69) is 4.85 Å². The number of aliphatic hydroxyl groups is 1. The Hall–Kier alpha value is -1.77. The Morgan fingerprint density at radius 2 is 2.17 bits per heavy atom. The van der Waals surface area contributed by atoms with Crippen LogP contribution in [0.25, 0.3) is 4.85 Å². The monoisotopic (exact) mass is 350 g/mol. The van der Waals surface area contributed by atoms with Crippen LogP contribution in [0, 0.1) is 6.57 Å². The van der Waals surface area contributed by atoms with Gasteiger partial charge >= 0.3 is 6.09 Å². The molecule has 0 saturated heterocycles. The Kier molecular flexibility index (Phi) is 5.42. The summed E-state index contributed by atoms with van der Waals surface area (Å²) in [5.74, 6) is 0. The lowest BCUT2D eigenvalue weighted by Crippen LogP contribution is -2.48. The molecule has 0 aliphatic heterocycles. The highest BCUT2D eigenvalue weighted by molar-refractivity contribution is 6.30. The van der Waals surface area contributed by atoms with Gasteiger partial charge in [-0.25, -0.2) is 11.4 Å². The van der Waals surface area contributed by atoms with Crippen LogP contribution in [0.3, 0.4) is 0 Å². The molecule has 6 heteroatoms. The van der Waals surface area contributed by atoms with E-state index in [1.54, 1.807) is 45.0 Å². The van der Waals surface area contributed by atoms with Crippen molar-refractivity contribution in [3.63, 3.8) is 0 Å². The standard InChI is InChI=1S/C18H23ClN2O3/c1-17(2,3)24-16(23)21(18(8-9-18)12-20-4)11-15(22)13-6-5-7-14(19)10-13/h5-7,10,15,22H,8-9,11-12H2,1-3H3. The summed E-state index contributed by atoms with van der Waals surface area (Å²) < 4.78 is 5.48. The van der Waals surface area contributed by atoms with Gasteiger partial charge in [-0.2, -0.15) is 0 Å². The molecule has 0 aromatic heterocycles. The molecule has 1 amide bonds. The topological polar surface area (TPSA) is 54.1 Å². The van der Waals surface area contributed by atoms with Gasteiger partial charge in [-0.1, -0.05) is 23.7 Å². The first-order chi connectivity index (χ1) is 11.2. The third-order valence-corrected chi connectivity index (χ3v) is 4.21. The smallest absolute Gasteiger partial charge is 0.411 e. The number of ether oxygens (including phenoxy) is 1. The van der Waals surface area contributed by atoms with E-state index in [1.807, 2.05) is 0 Å². The van der Waals surface area contributed by atoms with E-state index in [9.17, 15) is 9.90 Å². The van der Waals surface area contributed by atoms with E-state index in [1.165, 1.54) is 4.90 Å². The van der Waals surface area contributed by atoms with Crippen molar-refractivity contribution in [2.24, 2.45) is 0 Å². The van der Waals surface area contributed by atoms with Gasteiger partial charge in [0.2, 0.25) is 6.54 Å². The molecule has 1 aliphatic rings. The normalized spacial score (nSPS) is 16.8. The van der Waals surface area contributed by atoms with Gasteiger partial charge in [0.15, 0.2) is 0 Å². The second-order valence-corrected chi connectivity index (χ2v) is 7.64. The van der Waals surface area contributed by atoms with Gasteiger partial charge in [-0.15, -0.1) is 0 Å². The van der Waals surface area contributed by atoms with Gasteiger partial charge in [0.1, 0.15) is 11.1 Å². The van der Waals surface area contributed by atoms with Crippen molar-refractivity contribution in [1.29, 1.82) is 0 Å². The second kappa shape index (κ2) is 7.00. The summed E-state index contributed by atoms with van der Waals surface area (Å²) in [5.41, 5.74) is -0.525. The van der Waals surface area contributed by atoms with Crippen molar-refractivity contribution in [3.05, 3.63) is 46.3 Å². The lowest BCUT2D eigenvalue weighted by molar-refractivity contribution is 0.00166. The van der Waals surface area contributed by atoms with E-state index >= 15 is 0 Å². The van der Waals surface area contributed by atoms with Crippen molar-refractivity contribution in [1.82, 2.24) is 4.90 Å². The van der Waals surface area contributed by atoms with Gasteiger partial charge in [-0.3, -0.25) is 4.90 Å². The Labute approximate surface area is 148 Å². The highest BCUT2D eigenvalue weighted by Gasteiger charge is 2.54. The second-order valence-electron chi connectivity index (χ2n) is 7.20. The molecule has 1 aliphatic carbocycles. The number of carbonyl (C=O) groups excluding carboxylic acids is 1. The van der Waals surface area contributed by atoms with Gasteiger partial charge in [0, 0.05) is 5.02 Å². The van der Waals surface area contributed by atoms with Crippen LogP contribution in [0.15, 0.2) is 24.3 Å². The first-order valence-corrected chi connectivity index (χ1v) is 8.32. The number of rotatable bonds is 5. The van der Waals surface area contributed by atoms with E-state index < -0.39 is 23.3 Å². The fourth-order valence-corrected chi connectivity index (χ4v) is 2.77. The van der Waals surface area contributed by atoms with Crippen LogP contribution in [-0.2, 0) is 4.74 Å². The molecule has 1 aromatic rings. The minimum atomic E-state index is -0.889. The number of aliphatic hydroxyl groups excluding tert-OH is 1. The van der Waals surface area contributed by atoms with Crippen molar-refractivity contribution in [2.75, 3.05) is 13.1 Å². The van der Waals surface area contributed by atoms with Crippen molar-refractivity contribution < 1.29 is 14.6 Å². The number of halogens is 1. The molecule has 130 valence electrons. The zero-order chi connectivity index (χ0) is 18.0. The van der Waals surface area contributed by atoms with E-state index in [-0.39, 0.29) is 13.1 Å². The molecule has 1 N–H and O–H groups in total. The van der Waals surface area contributed by atoms with Gasteiger partial charge in [0.05, 0.1) is 12.6 Å². The summed E-state index contributed by atoms with van der Waals surface area (Å²) >= 11 is 5.97. The zero-order valence-electron chi connectivity index (χ0n) is 14.3. The minimum Gasteiger partial charge on any atom is -0.444 e. The number of carbonyl (C=O) groups is 1. The molecule has 0 spiro atoms. The van der Waals surface area contributed by atoms with E-state index in [0.717, 1.165) is 12.8 Å². The summed E-state index contributed by atoms with van der Waals surface area (Å²) in [5, 5.41) is 11.1. The maximum atomic E-state index is 12.6. The molecule has 1 aromatic carbocycles. The van der Waals surface area contributed by atoms with Gasteiger partial charge in [-0.05, 0) is 51.3 Å². The lowest BCUT2D eigenvalue weighted by Gasteiger charge is -2.33. The van der Waals surface area contributed by atoms with Crippen LogP contribution in [-0.4, -0.2) is 40.3 Å². The molecule has 1 saturated carbocycles. The number of hydrogen-bond donors (Lipinski definition) is 1. The van der Waals surface area contributed by atoms with Crippen molar-refractivity contribution >= 4 is 17.7 Å². The van der Waals surface area contributed by atoms with Crippen molar-refractivity contribution in [3.8, 4) is 0 Å². The maximum absolute atomic E-state index is 12.6. The fraction of sp³-hybridized carbons (Fsp3) is 0.556. The zero-order valence-corrected chi connectivity index (χ0v) is 15.0.